The molecule has 0 aliphatic heterocycles. The Balaban J connectivity index is 1.58. The average Bonchev–Trinajstić information content (AvgIpc) is 2.89. The summed E-state index contributed by atoms with van der Waals surface area (Å²) in [4.78, 5) is 34.1. The summed E-state index contributed by atoms with van der Waals surface area (Å²) < 4.78 is 39.8. The number of benzene rings is 2. The summed E-state index contributed by atoms with van der Waals surface area (Å²) in [5.41, 5.74) is 2.12. The van der Waals surface area contributed by atoms with Crippen molar-refractivity contribution >= 4 is 17.5 Å². The molecule has 0 spiro atoms. The van der Waals surface area contributed by atoms with Gasteiger partial charge in [0.05, 0.1) is 12.2 Å². The lowest BCUT2D eigenvalue weighted by Crippen LogP contribution is -2.26. The summed E-state index contributed by atoms with van der Waals surface area (Å²) >= 11 is 5.95. The number of aromatic nitrogens is 3. The van der Waals surface area contributed by atoms with Gasteiger partial charge in [-0.3, -0.25) is 14.2 Å². The topological polar surface area (TPSA) is 97.1 Å². The van der Waals surface area contributed by atoms with Gasteiger partial charge in [-0.15, -0.1) is 0 Å². The van der Waals surface area contributed by atoms with Crippen molar-refractivity contribution in [1.82, 2.24) is 19.9 Å². The highest BCUT2D eigenvalue weighted by Crippen LogP contribution is 2.24. The second kappa shape index (κ2) is 12.1. The Hall–Kier alpha value is -4.18. The zero-order valence-electron chi connectivity index (χ0n) is 20.6. The summed E-state index contributed by atoms with van der Waals surface area (Å²) in [6.07, 6.45) is -4.19. The van der Waals surface area contributed by atoms with Crippen molar-refractivity contribution in [1.29, 1.82) is 0 Å². The number of carbonyl (C=O) groups excluding carboxylic acids is 1. The molecule has 0 fully saturated rings. The van der Waals surface area contributed by atoms with Gasteiger partial charge >= 0.3 is 6.18 Å². The molecule has 0 saturated carbocycles. The predicted octanol–water partition coefficient (Wildman–Crippen LogP) is 5.53. The lowest BCUT2D eigenvalue weighted by Gasteiger charge is -2.15. The Morgan fingerprint density at radius 2 is 1.79 bits per heavy atom. The quantitative estimate of drug-likeness (QED) is 0.283. The van der Waals surface area contributed by atoms with E-state index in [9.17, 15) is 27.9 Å². The van der Waals surface area contributed by atoms with Gasteiger partial charge in [-0.2, -0.15) is 13.2 Å². The molecule has 11 heteroatoms. The SMILES string of the molecule is O=C(NCc1ccnc(O)c1)c1cccc(Cn2c(CCCC(F)(F)F)nc(-c3ccc(Cl)cc3)cc2=O)c1. The molecule has 0 bridgehead atoms. The molecule has 2 N–H and O–H groups in total. The average molecular weight is 557 g/mol. The van der Waals surface area contributed by atoms with Crippen LogP contribution in [0, 0.1) is 0 Å². The Morgan fingerprint density at radius 3 is 2.51 bits per heavy atom. The van der Waals surface area contributed by atoms with Gasteiger partial charge in [-0.05, 0) is 47.9 Å². The van der Waals surface area contributed by atoms with E-state index in [0.29, 0.717) is 33.0 Å². The van der Waals surface area contributed by atoms with Crippen LogP contribution in [0.2, 0.25) is 5.02 Å². The molecule has 0 saturated heterocycles. The number of halogens is 4. The molecule has 7 nitrogen and oxygen atoms in total. The highest BCUT2D eigenvalue weighted by atomic mass is 35.5. The fourth-order valence-electron chi connectivity index (χ4n) is 3.98. The van der Waals surface area contributed by atoms with E-state index in [-0.39, 0.29) is 43.5 Å². The molecule has 1 amide bonds. The first-order valence-corrected chi connectivity index (χ1v) is 12.4. The number of alkyl halides is 3. The summed E-state index contributed by atoms with van der Waals surface area (Å²) in [6.45, 7) is 0.186. The molecule has 0 radical (unpaired) electrons. The van der Waals surface area contributed by atoms with E-state index >= 15 is 0 Å². The van der Waals surface area contributed by atoms with Gasteiger partial charge in [0.15, 0.2) is 0 Å². The first-order chi connectivity index (χ1) is 18.6. The van der Waals surface area contributed by atoms with Crippen LogP contribution in [0.5, 0.6) is 5.88 Å². The highest BCUT2D eigenvalue weighted by Gasteiger charge is 2.26. The molecule has 4 rings (SSSR count). The minimum absolute atomic E-state index is 0.0213. The first-order valence-electron chi connectivity index (χ1n) is 12.0. The van der Waals surface area contributed by atoms with Gasteiger partial charge in [0.25, 0.3) is 11.5 Å². The van der Waals surface area contributed by atoms with Crippen LogP contribution >= 0.6 is 11.6 Å². The number of aromatic hydroxyl groups is 1. The van der Waals surface area contributed by atoms with E-state index in [4.69, 9.17) is 11.6 Å². The number of pyridine rings is 1. The van der Waals surface area contributed by atoms with Crippen LogP contribution in [-0.2, 0) is 19.5 Å². The molecule has 0 aliphatic carbocycles. The molecule has 202 valence electrons. The van der Waals surface area contributed by atoms with Crippen LogP contribution in [-0.4, -0.2) is 31.7 Å². The Kier molecular flexibility index (Phi) is 8.65. The molecule has 0 atom stereocenters. The van der Waals surface area contributed by atoms with Crippen molar-refractivity contribution in [3.05, 3.63) is 111 Å². The normalized spacial score (nSPS) is 11.4. The monoisotopic (exact) mass is 556 g/mol. The number of aryl methyl sites for hydroxylation is 1. The summed E-state index contributed by atoms with van der Waals surface area (Å²) in [5.74, 6) is -0.318. The van der Waals surface area contributed by atoms with Crippen molar-refractivity contribution in [3.63, 3.8) is 0 Å². The Morgan fingerprint density at radius 1 is 1.03 bits per heavy atom. The number of rotatable bonds is 9. The predicted molar refractivity (Wildman–Crippen MR) is 141 cm³/mol. The van der Waals surface area contributed by atoms with Crippen molar-refractivity contribution < 1.29 is 23.1 Å². The van der Waals surface area contributed by atoms with Crippen LogP contribution in [0.4, 0.5) is 13.2 Å². The van der Waals surface area contributed by atoms with Crippen molar-refractivity contribution in [3.8, 4) is 17.1 Å². The number of nitrogens with zero attached hydrogens (tertiary/aromatic N) is 3. The zero-order chi connectivity index (χ0) is 28.0. The van der Waals surface area contributed by atoms with Gasteiger partial charge in [-0.1, -0.05) is 35.9 Å². The van der Waals surface area contributed by atoms with Gasteiger partial charge in [0.1, 0.15) is 5.82 Å². The highest BCUT2D eigenvalue weighted by molar-refractivity contribution is 6.30. The van der Waals surface area contributed by atoms with Crippen LogP contribution < -0.4 is 10.9 Å². The molecule has 2 aromatic carbocycles. The van der Waals surface area contributed by atoms with Crippen molar-refractivity contribution in [2.75, 3.05) is 0 Å². The third-order valence-electron chi connectivity index (χ3n) is 5.88. The molecule has 0 unspecified atom stereocenters. The minimum Gasteiger partial charge on any atom is -0.493 e. The summed E-state index contributed by atoms with van der Waals surface area (Å²) in [5, 5.41) is 12.7. The third kappa shape index (κ3) is 7.90. The van der Waals surface area contributed by atoms with Gasteiger partial charge in [0, 0.05) is 53.9 Å². The fourth-order valence-corrected chi connectivity index (χ4v) is 4.10. The number of hydrogen-bond acceptors (Lipinski definition) is 5. The van der Waals surface area contributed by atoms with Gasteiger partial charge < -0.3 is 10.4 Å². The maximum absolute atomic E-state index is 13.1. The minimum atomic E-state index is -4.32. The van der Waals surface area contributed by atoms with Crippen molar-refractivity contribution in [2.24, 2.45) is 0 Å². The summed E-state index contributed by atoms with van der Waals surface area (Å²) in [6, 6.07) is 17.7. The lowest BCUT2D eigenvalue weighted by atomic mass is 10.1. The number of hydrogen-bond donors (Lipinski definition) is 2. The van der Waals surface area contributed by atoms with E-state index in [2.05, 4.69) is 15.3 Å². The second-order valence-electron chi connectivity index (χ2n) is 8.86. The molecule has 4 aromatic rings. The van der Waals surface area contributed by atoms with Crippen molar-refractivity contribution in [2.45, 2.75) is 38.5 Å². The number of carbonyl (C=O) groups is 1. The molecule has 0 aliphatic rings. The van der Waals surface area contributed by atoms with E-state index in [1.165, 1.54) is 22.9 Å². The number of nitrogens with one attached hydrogen (secondary N) is 1. The molecular weight excluding hydrogens is 533 g/mol. The van der Waals surface area contributed by atoms with E-state index in [1.807, 2.05) is 0 Å². The second-order valence-corrected chi connectivity index (χ2v) is 9.30. The molecular formula is C28H24ClF3N4O3. The largest absolute Gasteiger partial charge is 0.493 e. The molecule has 2 heterocycles. The van der Waals surface area contributed by atoms with Crippen LogP contribution in [0.1, 0.15) is 40.2 Å². The van der Waals surface area contributed by atoms with Crippen LogP contribution in [0.3, 0.4) is 0 Å². The Labute approximate surface area is 226 Å². The van der Waals surface area contributed by atoms with Crippen LogP contribution in [0.15, 0.2) is 77.7 Å². The molecule has 39 heavy (non-hydrogen) atoms. The van der Waals surface area contributed by atoms with Gasteiger partial charge in [-0.25, -0.2) is 9.97 Å². The maximum atomic E-state index is 13.1. The summed E-state index contributed by atoms with van der Waals surface area (Å²) in [7, 11) is 0. The Bertz CT molecular complexity index is 1520. The zero-order valence-corrected chi connectivity index (χ0v) is 21.3. The molecule has 2 aromatic heterocycles. The first kappa shape index (κ1) is 27.8. The lowest BCUT2D eigenvalue weighted by molar-refractivity contribution is -0.135. The third-order valence-corrected chi connectivity index (χ3v) is 6.13. The van der Waals surface area contributed by atoms with E-state index < -0.39 is 18.2 Å². The van der Waals surface area contributed by atoms with E-state index in [1.54, 1.807) is 54.6 Å². The van der Waals surface area contributed by atoms with E-state index in [0.717, 1.165) is 0 Å². The fraction of sp³-hybridized carbons (Fsp3) is 0.214. The maximum Gasteiger partial charge on any atom is 0.389 e. The smallest absolute Gasteiger partial charge is 0.389 e. The van der Waals surface area contributed by atoms with Crippen LogP contribution in [0.25, 0.3) is 11.3 Å². The number of amides is 1. The van der Waals surface area contributed by atoms with Gasteiger partial charge in [0.2, 0.25) is 5.88 Å². The standard InChI is InChI=1S/C28H24ClF3N4O3/c29-22-8-6-20(7-9-22)23-15-26(38)36(24(35-23)5-2-11-28(30,31)32)17-19-3-1-4-21(13-19)27(39)34-16-18-10-12-33-25(37)14-18/h1,3-4,6-10,12-15H,2,5,11,16-17H2,(H,33,37)(H,34,39).